The lowest BCUT2D eigenvalue weighted by Crippen LogP contribution is -2.26. The molecule has 104 valence electrons. The molecule has 0 aliphatic rings. The van der Waals surface area contributed by atoms with Gasteiger partial charge < -0.3 is 10.4 Å². The molecule has 0 saturated heterocycles. The first kappa shape index (κ1) is 15.4. The molecule has 0 fully saturated rings. The summed E-state index contributed by atoms with van der Waals surface area (Å²) >= 11 is 5.66. The third kappa shape index (κ3) is 5.21. The summed E-state index contributed by atoms with van der Waals surface area (Å²) in [7, 11) is 0. The normalized spacial score (nSPS) is 11.9. The molecule has 2 N–H and O–H groups in total. The summed E-state index contributed by atoms with van der Waals surface area (Å²) in [5.41, 5.74) is 0.827. The largest absolute Gasteiger partial charge is 0.481 e. The van der Waals surface area contributed by atoms with Gasteiger partial charge in [-0.15, -0.1) is 0 Å². The number of aryl methyl sites for hydroxylation is 1. The van der Waals surface area contributed by atoms with Crippen LogP contribution in [0.15, 0.2) is 6.07 Å². The van der Waals surface area contributed by atoms with Crippen LogP contribution in [0.2, 0.25) is 5.28 Å². The number of carboxylic acids is 1. The number of amides is 1. The Morgan fingerprint density at radius 2 is 2.16 bits per heavy atom. The molecule has 1 aromatic rings. The van der Waals surface area contributed by atoms with Gasteiger partial charge in [-0.3, -0.25) is 9.59 Å². The molecule has 19 heavy (non-hydrogen) atoms. The summed E-state index contributed by atoms with van der Waals surface area (Å²) in [5.74, 6) is -1.58. The van der Waals surface area contributed by atoms with E-state index in [1.807, 2.05) is 0 Å². The Labute approximate surface area is 116 Å². The first-order chi connectivity index (χ1) is 8.90. The van der Waals surface area contributed by atoms with Crippen LogP contribution in [0.4, 0.5) is 0 Å². The number of nitrogens with zero attached hydrogens (tertiary/aromatic N) is 2. The highest BCUT2D eigenvalue weighted by molar-refractivity contribution is 6.28. The van der Waals surface area contributed by atoms with Crippen molar-refractivity contribution in [2.45, 2.75) is 26.7 Å². The molecular weight excluding hydrogens is 270 g/mol. The van der Waals surface area contributed by atoms with E-state index >= 15 is 0 Å². The van der Waals surface area contributed by atoms with Crippen molar-refractivity contribution in [1.82, 2.24) is 15.3 Å². The molecule has 0 spiro atoms. The predicted molar refractivity (Wildman–Crippen MR) is 70.1 cm³/mol. The minimum Gasteiger partial charge on any atom is -0.481 e. The second kappa shape index (κ2) is 7.04. The molecule has 0 bridgehead atoms. The average Bonchev–Trinajstić information content (AvgIpc) is 2.32. The van der Waals surface area contributed by atoms with Gasteiger partial charge in [0.05, 0.1) is 5.92 Å². The quantitative estimate of drug-likeness (QED) is 0.613. The molecule has 7 heteroatoms. The van der Waals surface area contributed by atoms with Crippen molar-refractivity contribution in [2.24, 2.45) is 5.92 Å². The van der Waals surface area contributed by atoms with Crippen LogP contribution < -0.4 is 5.32 Å². The highest BCUT2D eigenvalue weighted by Crippen LogP contribution is 2.06. The van der Waals surface area contributed by atoms with Crippen molar-refractivity contribution >= 4 is 23.5 Å². The van der Waals surface area contributed by atoms with Crippen LogP contribution >= 0.6 is 11.6 Å². The zero-order valence-corrected chi connectivity index (χ0v) is 11.6. The van der Waals surface area contributed by atoms with E-state index in [0.29, 0.717) is 25.1 Å². The van der Waals surface area contributed by atoms with E-state index in [4.69, 9.17) is 16.7 Å². The maximum atomic E-state index is 11.8. The fourth-order valence-electron chi connectivity index (χ4n) is 1.47. The van der Waals surface area contributed by atoms with Crippen LogP contribution in [0.5, 0.6) is 0 Å². The van der Waals surface area contributed by atoms with Crippen molar-refractivity contribution < 1.29 is 14.7 Å². The molecule has 1 atom stereocenters. The highest BCUT2D eigenvalue weighted by Gasteiger charge is 2.12. The van der Waals surface area contributed by atoms with Crippen LogP contribution in [0.1, 0.15) is 35.9 Å². The summed E-state index contributed by atoms with van der Waals surface area (Å²) in [4.78, 5) is 30.0. The Kier molecular flexibility index (Phi) is 5.69. The number of halogens is 1. The SMILES string of the molecule is Cc1cc(C(=O)NCCCC(C)C(=O)O)nc(Cl)n1. The molecule has 0 saturated carbocycles. The Morgan fingerprint density at radius 3 is 2.74 bits per heavy atom. The van der Waals surface area contributed by atoms with Crippen LogP contribution in [-0.4, -0.2) is 33.5 Å². The zero-order valence-electron chi connectivity index (χ0n) is 10.8. The third-order valence-corrected chi connectivity index (χ3v) is 2.75. The number of aliphatic carboxylic acids is 1. The van der Waals surface area contributed by atoms with Crippen LogP contribution in [-0.2, 0) is 4.79 Å². The zero-order chi connectivity index (χ0) is 14.4. The van der Waals surface area contributed by atoms with E-state index in [2.05, 4.69) is 15.3 Å². The molecular formula is C12H16ClN3O3. The lowest BCUT2D eigenvalue weighted by Gasteiger charge is -2.07. The molecule has 0 aliphatic heterocycles. The van der Waals surface area contributed by atoms with Crippen LogP contribution in [0.25, 0.3) is 0 Å². The van der Waals surface area contributed by atoms with Crippen molar-refractivity contribution in [3.05, 3.63) is 22.7 Å². The van der Waals surface area contributed by atoms with Gasteiger partial charge in [0.15, 0.2) is 0 Å². The summed E-state index contributed by atoms with van der Waals surface area (Å²) in [6.07, 6.45) is 1.11. The minimum atomic E-state index is -0.829. The Bertz CT molecular complexity index is 459. The van der Waals surface area contributed by atoms with E-state index in [0.717, 1.165) is 0 Å². The average molecular weight is 286 g/mol. The summed E-state index contributed by atoms with van der Waals surface area (Å²) < 4.78 is 0. The lowest BCUT2D eigenvalue weighted by molar-refractivity contribution is -0.141. The van der Waals surface area contributed by atoms with Crippen LogP contribution in [0, 0.1) is 12.8 Å². The number of nitrogens with one attached hydrogen (secondary N) is 1. The highest BCUT2D eigenvalue weighted by atomic mass is 35.5. The summed E-state index contributed by atoms with van der Waals surface area (Å²) in [6.45, 7) is 3.76. The van der Waals surface area contributed by atoms with Gasteiger partial charge in [0.25, 0.3) is 5.91 Å². The van der Waals surface area contributed by atoms with Crippen molar-refractivity contribution in [3.63, 3.8) is 0 Å². The van der Waals surface area contributed by atoms with E-state index in [1.165, 1.54) is 0 Å². The molecule has 1 aromatic heterocycles. The van der Waals surface area contributed by atoms with Gasteiger partial charge in [-0.05, 0) is 37.4 Å². The van der Waals surface area contributed by atoms with E-state index in [1.54, 1.807) is 19.9 Å². The Hall–Kier alpha value is -1.69. The summed E-state index contributed by atoms with van der Waals surface area (Å²) in [5, 5.41) is 11.4. The smallest absolute Gasteiger partial charge is 0.306 e. The second-order valence-electron chi connectivity index (χ2n) is 4.30. The molecule has 0 aromatic carbocycles. The molecule has 1 unspecified atom stereocenters. The minimum absolute atomic E-state index is 0.0321. The molecule has 6 nitrogen and oxygen atoms in total. The van der Waals surface area contributed by atoms with Gasteiger partial charge >= 0.3 is 5.97 Å². The lowest BCUT2D eigenvalue weighted by atomic mass is 10.1. The molecule has 0 aliphatic carbocycles. The number of hydrogen-bond donors (Lipinski definition) is 2. The molecule has 1 heterocycles. The van der Waals surface area contributed by atoms with Gasteiger partial charge in [-0.25, -0.2) is 9.97 Å². The monoisotopic (exact) mass is 285 g/mol. The molecule has 1 rings (SSSR count). The number of carbonyl (C=O) groups excluding carboxylic acids is 1. The molecule has 1 amide bonds. The summed E-state index contributed by atoms with van der Waals surface area (Å²) in [6, 6.07) is 1.54. The van der Waals surface area contributed by atoms with Gasteiger partial charge in [0, 0.05) is 12.2 Å². The van der Waals surface area contributed by atoms with Crippen molar-refractivity contribution in [3.8, 4) is 0 Å². The van der Waals surface area contributed by atoms with Gasteiger partial charge in [0.1, 0.15) is 5.69 Å². The first-order valence-electron chi connectivity index (χ1n) is 5.92. The first-order valence-corrected chi connectivity index (χ1v) is 6.30. The third-order valence-electron chi connectivity index (χ3n) is 2.58. The Morgan fingerprint density at radius 1 is 1.47 bits per heavy atom. The fraction of sp³-hybridized carbons (Fsp3) is 0.500. The van der Waals surface area contributed by atoms with Crippen molar-refractivity contribution in [2.75, 3.05) is 6.54 Å². The fourth-order valence-corrected chi connectivity index (χ4v) is 1.70. The van der Waals surface area contributed by atoms with Crippen LogP contribution in [0.3, 0.4) is 0 Å². The van der Waals surface area contributed by atoms with Gasteiger partial charge in [0.2, 0.25) is 5.28 Å². The number of hydrogen-bond acceptors (Lipinski definition) is 4. The standard InChI is InChI=1S/C12H16ClN3O3/c1-7(11(18)19)4-3-5-14-10(17)9-6-8(2)15-12(13)16-9/h6-7H,3-5H2,1-2H3,(H,14,17)(H,18,19). The number of carboxylic acid groups (broad SMARTS) is 1. The van der Waals surface area contributed by atoms with Crippen molar-refractivity contribution in [1.29, 1.82) is 0 Å². The van der Waals surface area contributed by atoms with E-state index < -0.39 is 11.9 Å². The molecule has 0 radical (unpaired) electrons. The van der Waals surface area contributed by atoms with Gasteiger partial charge in [-0.2, -0.15) is 0 Å². The maximum absolute atomic E-state index is 11.8. The number of rotatable bonds is 6. The topological polar surface area (TPSA) is 92.2 Å². The van der Waals surface area contributed by atoms with E-state index in [-0.39, 0.29) is 16.9 Å². The Balaban J connectivity index is 2.41. The number of carbonyl (C=O) groups is 2. The van der Waals surface area contributed by atoms with Gasteiger partial charge in [-0.1, -0.05) is 6.92 Å². The number of aromatic nitrogens is 2. The maximum Gasteiger partial charge on any atom is 0.306 e. The second-order valence-corrected chi connectivity index (χ2v) is 4.64. The predicted octanol–water partition coefficient (Wildman–Crippen LogP) is 1.67. The van der Waals surface area contributed by atoms with E-state index in [9.17, 15) is 9.59 Å².